The van der Waals surface area contributed by atoms with Crippen LogP contribution in [0.1, 0.15) is 35.5 Å². The zero-order valence-electron chi connectivity index (χ0n) is 17.2. The van der Waals surface area contributed by atoms with Gasteiger partial charge < -0.3 is 14.8 Å². The number of nitrogens with zero attached hydrogens (tertiary/aromatic N) is 1. The van der Waals surface area contributed by atoms with Crippen molar-refractivity contribution in [3.05, 3.63) is 70.9 Å². The lowest BCUT2D eigenvalue weighted by Crippen LogP contribution is -2.16. The van der Waals surface area contributed by atoms with Crippen LogP contribution in [-0.4, -0.2) is 17.7 Å². The lowest BCUT2D eigenvalue weighted by atomic mass is 9.98. The molecule has 0 aliphatic carbocycles. The molecule has 156 valence electrons. The number of amides is 1. The molecule has 1 aromatic heterocycles. The fourth-order valence-electron chi connectivity index (χ4n) is 3.14. The van der Waals surface area contributed by atoms with Crippen molar-refractivity contribution in [1.29, 1.82) is 0 Å². The van der Waals surface area contributed by atoms with Crippen LogP contribution >= 0.6 is 0 Å². The van der Waals surface area contributed by atoms with Gasteiger partial charge in [0.25, 0.3) is 5.91 Å². The molecule has 0 radical (unpaired) electrons. The standard InChI is InChI=1S/C21H16F2N2O3.C2H6/c1-11-8-17-18(28-10-27-17)9-14(11)13-6-7-19(24-12(13)2)25-21(26)20-15(22)4-3-5-16(20)23;1-2/h3-9H,10H2,1-2H3,(H,24,25,26);1-2H3. The third kappa shape index (κ3) is 4.10. The van der Waals surface area contributed by atoms with Crippen LogP contribution in [-0.2, 0) is 0 Å². The first-order valence-electron chi connectivity index (χ1n) is 9.57. The van der Waals surface area contributed by atoms with Crippen molar-refractivity contribution in [2.45, 2.75) is 27.7 Å². The minimum Gasteiger partial charge on any atom is -0.454 e. The molecule has 30 heavy (non-hydrogen) atoms. The number of hydrogen-bond acceptors (Lipinski definition) is 4. The highest BCUT2D eigenvalue weighted by molar-refractivity contribution is 6.04. The summed E-state index contributed by atoms with van der Waals surface area (Å²) in [6, 6.07) is 10.4. The molecule has 1 N–H and O–H groups in total. The zero-order chi connectivity index (χ0) is 21.8. The van der Waals surface area contributed by atoms with Crippen molar-refractivity contribution in [3.8, 4) is 22.6 Å². The van der Waals surface area contributed by atoms with E-state index < -0.39 is 23.1 Å². The van der Waals surface area contributed by atoms with E-state index in [1.165, 1.54) is 6.07 Å². The highest BCUT2D eigenvalue weighted by Crippen LogP contribution is 2.39. The number of rotatable bonds is 3. The van der Waals surface area contributed by atoms with Crippen LogP contribution in [0.3, 0.4) is 0 Å². The van der Waals surface area contributed by atoms with Crippen molar-refractivity contribution in [3.63, 3.8) is 0 Å². The van der Waals surface area contributed by atoms with E-state index in [-0.39, 0.29) is 12.6 Å². The summed E-state index contributed by atoms with van der Waals surface area (Å²) in [6.07, 6.45) is 0. The molecule has 0 saturated heterocycles. The largest absolute Gasteiger partial charge is 0.454 e. The molecular formula is C23H22F2N2O3. The maximum absolute atomic E-state index is 13.8. The van der Waals surface area contributed by atoms with E-state index >= 15 is 0 Å². The summed E-state index contributed by atoms with van der Waals surface area (Å²) in [5, 5.41) is 2.44. The van der Waals surface area contributed by atoms with Gasteiger partial charge in [-0.2, -0.15) is 0 Å². The van der Waals surface area contributed by atoms with Gasteiger partial charge in [-0.15, -0.1) is 0 Å². The normalized spacial score (nSPS) is 11.5. The van der Waals surface area contributed by atoms with Crippen molar-refractivity contribution < 1.29 is 23.0 Å². The number of halogens is 2. The maximum atomic E-state index is 13.8. The monoisotopic (exact) mass is 412 g/mol. The Kier molecular flexibility index (Phi) is 6.30. The Morgan fingerprint density at radius 2 is 1.60 bits per heavy atom. The number of aromatic nitrogens is 1. The van der Waals surface area contributed by atoms with Crippen molar-refractivity contribution in [1.82, 2.24) is 4.98 Å². The smallest absolute Gasteiger partial charge is 0.262 e. The second kappa shape index (κ2) is 8.90. The molecule has 2 aromatic carbocycles. The number of carbonyl (C=O) groups is 1. The average molecular weight is 412 g/mol. The minimum atomic E-state index is -0.929. The van der Waals surface area contributed by atoms with Gasteiger partial charge in [0.2, 0.25) is 6.79 Å². The third-order valence-corrected chi connectivity index (χ3v) is 4.53. The summed E-state index contributed by atoms with van der Waals surface area (Å²) in [7, 11) is 0. The van der Waals surface area contributed by atoms with E-state index in [1.54, 1.807) is 19.1 Å². The summed E-state index contributed by atoms with van der Waals surface area (Å²) in [6.45, 7) is 7.93. The molecule has 5 nitrogen and oxygen atoms in total. The molecule has 0 fully saturated rings. The van der Waals surface area contributed by atoms with Gasteiger partial charge in [0.05, 0.1) is 0 Å². The van der Waals surface area contributed by atoms with Crippen molar-refractivity contribution >= 4 is 11.7 Å². The quantitative estimate of drug-likeness (QED) is 0.604. The molecular weight excluding hydrogens is 390 g/mol. The third-order valence-electron chi connectivity index (χ3n) is 4.53. The fourth-order valence-corrected chi connectivity index (χ4v) is 3.14. The molecule has 0 spiro atoms. The fraction of sp³-hybridized carbons (Fsp3) is 0.217. The van der Waals surface area contributed by atoms with Gasteiger partial charge in [0, 0.05) is 11.3 Å². The molecule has 4 rings (SSSR count). The first kappa shape index (κ1) is 21.2. The molecule has 1 aliphatic heterocycles. The molecule has 1 aliphatic rings. The molecule has 3 aromatic rings. The molecule has 2 heterocycles. The van der Waals surface area contributed by atoms with Crippen molar-refractivity contribution in [2.75, 3.05) is 12.1 Å². The molecule has 7 heteroatoms. The number of fused-ring (bicyclic) bond motifs is 1. The van der Waals surface area contributed by atoms with Crippen molar-refractivity contribution in [2.24, 2.45) is 0 Å². The number of anilines is 1. The molecule has 0 atom stereocenters. The van der Waals surface area contributed by atoms with Gasteiger partial charge in [-0.3, -0.25) is 4.79 Å². The second-order valence-electron chi connectivity index (χ2n) is 6.40. The van der Waals surface area contributed by atoms with Gasteiger partial charge >= 0.3 is 0 Å². The van der Waals surface area contributed by atoms with Gasteiger partial charge in [-0.05, 0) is 61.4 Å². The van der Waals surface area contributed by atoms with Gasteiger partial charge in [-0.25, -0.2) is 13.8 Å². The minimum absolute atomic E-state index is 0.188. The number of aryl methyl sites for hydroxylation is 2. The number of ether oxygens (including phenoxy) is 2. The van der Waals surface area contributed by atoms with Crippen LogP contribution in [0, 0.1) is 25.5 Å². The lowest BCUT2D eigenvalue weighted by molar-refractivity contribution is 0.101. The number of benzene rings is 2. The van der Waals surface area contributed by atoms with Gasteiger partial charge in [0.15, 0.2) is 11.5 Å². The Labute approximate surface area is 173 Å². The number of nitrogens with one attached hydrogen (secondary N) is 1. The first-order valence-corrected chi connectivity index (χ1v) is 9.57. The molecule has 1 amide bonds. The second-order valence-corrected chi connectivity index (χ2v) is 6.40. The summed E-state index contributed by atoms with van der Waals surface area (Å²) in [5.41, 5.74) is 2.77. The summed E-state index contributed by atoms with van der Waals surface area (Å²) in [5.74, 6) is -1.19. The van der Waals surface area contributed by atoms with Gasteiger partial charge in [0.1, 0.15) is 23.0 Å². The van der Waals surface area contributed by atoms with Gasteiger partial charge in [-0.1, -0.05) is 19.9 Å². The van der Waals surface area contributed by atoms with E-state index in [9.17, 15) is 13.6 Å². The SMILES string of the molecule is CC.Cc1cc2c(cc1-c1ccc(NC(=O)c3c(F)cccc3F)nc1C)OCO2. The predicted molar refractivity (Wildman–Crippen MR) is 111 cm³/mol. The Morgan fingerprint density at radius 1 is 0.967 bits per heavy atom. The van der Waals surface area contributed by atoms with Crippen LogP contribution in [0.25, 0.3) is 11.1 Å². The highest BCUT2D eigenvalue weighted by atomic mass is 19.1. The summed E-state index contributed by atoms with van der Waals surface area (Å²) in [4.78, 5) is 16.6. The molecule has 0 unspecified atom stereocenters. The first-order chi connectivity index (χ1) is 14.4. The van der Waals surface area contributed by atoms with E-state index in [4.69, 9.17) is 9.47 Å². The lowest BCUT2D eigenvalue weighted by Gasteiger charge is -2.12. The molecule has 0 saturated carbocycles. The van der Waals surface area contributed by atoms with E-state index in [0.29, 0.717) is 17.2 Å². The van der Waals surface area contributed by atoms with Crippen LogP contribution in [0.2, 0.25) is 0 Å². The van der Waals surface area contributed by atoms with Crippen LogP contribution in [0.4, 0.5) is 14.6 Å². The van der Waals surface area contributed by atoms with Crippen LogP contribution in [0.5, 0.6) is 11.5 Å². The van der Waals surface area contributed by atoms with E-state index in [2.05, 4.69) is 10.3 Å². The number of carbonyl (C=O) groups excluding carboxylic acids is 1. The Balaban J connectivity index is 0.00000124. The van der Waals surface area contributed by atoms with Crippen LogP contribution in [0.15, 0.2) is 42.5 Å². The Bertz CT molecular complexity index is 1080. The summed E-state index contributed by atoms with van der Waals surface area (Å²) < 4.78 is 38.4. The predicted octanol–water partition coefficient (Wildman–Crippen LogP) is 5.65. The summed E-state index contributed by atoms with van der Waals surface area (Å²) >= 11 is 0. The maximum Gasteiger partial charge on any atom is 0.262 e. The topological polar surface area (TPSA) is 60.5 Å². The van der Waals surface area contributed by atoms with Crippen LogP contribution < -0.4 is 14.8 Å². The number of pyridine rings is 1. The highest BCUT2D eigenvalue weighted by Gasteiger charge is 2.20. The van der Waals surface area contributed by atoms with E-state index in [0.717, 1.165) is 28.8 Å². The molecule has 0 bridgehead atoms. The van der Waals surface area contributed by atoms with E-state index in [1.807, 2.05) is 32.9 Å². The zero-order valence-corrected chi connectivity index (χ0v) is 17.2. The average Bonchev–Trinajstić information content (AvgIpc) is 3.16. The Hall–Kier alpha value is -3.48. The number of hydrogen-bond donors (Lipinski definition) is 1. The Morgan fingerprint density at radius 3 is 2.23 bits per heavy atom.